The van der Waals surface area contributed by atoms with Crippen molar-refractivity contribution in [3.63, 3.8) is 0 Å². The molecule has 24 heavy (non-hydrogen) atoms. The first kappa shape index (κ1) is 19.0. The SMILES string of the molecule is O=C(CSSCC(=O)Nc1ccccc1Cl)Nc1ccccc1Cl. The number of halogens is 2. The molecule has 0 radical (unpaired) electrons. The molecule has 0 heterocycles. The summed E-state index contributed by atoms with van der Waals surface area (Å²) in [6.45, 7) is 0. The van der Waals surface area contributed by atoms with Gasteiger partial charge in [-0.05, 0) is 24.3 Å². The Morgan fingerprint density at radius 2 is 1.12 bits per heavy atom. The van der Waals surface area contributed by atoms with E-state index in [1.54, 1.807) is 48.5 Å². The highest BCUT2D eigenvalue weighted by Gasteiger charge is 2.08. The Bertz CT molecular complexity index is 667. The zero-order valence-electron chi connectivity index (χ0n) is 12.4. The summed E-state index contributed by atoms with van der Waals surface area (Å²) in [7, 11) is 2.59. The van der Waals surface area contributed by atoms with Gasteiger partial charge in [-0.3, -0.25) is 9.59 Å². The molecule has 0 atom stereocenters. The number of carbonyl (C=O) groups excluding carboxylic acids is 2. The van der Waals surface area contributed by atoms with Crippen molar-refractivity contribution in [2.75, 3.05) is 22.1 Å². The van der Waals surface area contributed by atoms with E-state index in [0.717, 1.165) is 0 Å². The minimum atomic E-state index is -0.174. The molecule has 0 aliphatic rings. The van der Waals surface area contributed by atoms with Crippen molar-refractivity contribution in [3.8, 4) is 0 Å². The van der Waals surface area contributed by atoms with Crippen LogP contribution in [0.25, 0.3) is 0 Å². The van der Waals surface area contributed by atoms with Gasteiger partial charge in [0.1, 0.15) is 0 Å². The first-order valence-corrected chi connectivity index (χ1v) is 10.1. The van der Waals surface area contributed by atoms with E-state index in [1.807, 2.05) is 0 Å². The summed E-state index contributed by atoms with van der Waals surface area (Å²) < 4.78 is 0. The highest BCUT2D eigenvalue weighted by molar-refractivity contribution is 8.77. The molecular weight excluding hydrogens is 387 g/mol. The summed E-state index contributed by atoms with van der Waals surface area (Å²) >= 11 is 11.9. The fraction of sp³-hybridized carbons (Fsp3) is 0.125. The zero-order chi connectivity index (χ0) is 17.4. The van der Waals surface area contributed by atoms with E-state index in [9.17, 15) is 9.59 Å². The predicted molar refractivity (Wildman–Crippen MR) is 105 cm³/mol. The van der Waals surface area contributed by atoms with Gasteiger partial charge in [0.2, 0.25) is 11.8 Å². The molecule has 0 spiro atoms. The number of nitrogens with one attached hydrogen (secondary N) is 2. The standard InChI is InChI=1S/C16H14Cl2N2O2S2/c17-11-5-1-3-7-13(11)19-15(21)9-23-24-10-16(22)20-14-8-4-2-6-12(14)18/h1-8H,9-10H2,(H,19,21)(H,20,22). The molecule has 0 aliphatic carbocycles. The smallest absolute Gasteiger partial charge is 0.235 e. The van der Waals surface area contributed by atoms with Gasteiger partial charge in [-0.25, -0.2) is 0 Å². The monoisotopic (exact) mass is 400 g/mol. The van der Waals surface area contributed by atoms with Gasteiger partial charge in [0.15, 0.2) is 0 Å². The molecule has 0 saturated carbocycles. The molecule has 8 heteroatoms. The van der Waals surface area contributed by atoms with Gasteiger partial charge in [-0.1, -0.05) is 69.1 Å². The molecule has 2 aromatic rings. The third-order valence-corrected chi connectivity index (χ3v) is 5.55. The molecule has 126 valence electrons. The maximum Gasteiger partial charge on any atom is 0.235 e. The Labute approximate surface area is 158 Å². The summed E-state index contributed by atoms with van der Waals surface area (Å²) in [5.41, 5.74) is 1.15. The van der Waals surface area contributed by atoms with Gasteiger partial charge >= 0.3 is 0 Å². The van der Waals surface area contributed by atoms with Gasteiger partial charge in [-0.2, -0.15) is 0 Å². The molecule has 0 fully saturated rings. The first-order valence-electron chi connectivity index (χ1n) is 6.89. The van der Waals surface area contributed by atoms with Crippen molar-refractivity contribution >= 4 is 68.0 Å². The number of hydrogen-bond donors (Lipinski definition) is 2. The van der Waals surface area contributed by atoms with Crippen LogP contribution in [0.3, 0.4) is 0 Å². The fourth-order valence-electron chi connectivity index (χ4n) is 1.69. The lowest BCUT2D eigenvalue weighted by atomic mass is 10.3. The van der Waals surface area contributed by atoms with Crippen LogP contribution >= 0.6 is 44.8 Å². The van der Waals surface area contributed by atoms with E-state index in [0.29, 0.717) is 21.4 Å². The maximum atomic E-state index is 11.8. The summed E-state index contributed by atoms with van der Waals surface area (Å²) in [4.78, 5) is 23.6. The molecule has 2 rings (SSSR count). The fourth-order valence-corrected chi connectivity index (χ4v) is 3.72. The van der Waals surface area contributed by atoms with E-state index in [4.69, 9.17) is 23.2 Å². The number of hydrogen-bond acceptors (Lipinski definition) is 4. The predicted octanol–water partition coefficient (Wildman–Crippen LogP) is 4.95. The third kappa shape index (κ3) is 6.28. The summed E-state index contributed by atoms with van der Waals surface area (Å²) in [5.74, 6) is 0.0871. The molecular formula is C16H14Cl2N2O2S2. The molecule has 4 nitrogen and oxygen atoms in total. The lowest BCUT2D eigenvalue weighted by Gasteiger charge is -2.07. The summed E-state index contributed by atoms with van der Waals surface area (Å²) in [6.07, 6.45) is 0. The number of para-hydroxylation sites is 2. The van der Waals surface area contributed by atoms with Crippen LogP contribution in [0.1, 0.15) is 0 Å². The molecule has 0 bridgehead atoms. The number of rotatable bonds is 7. The van der Waals surface area contributed by atoms with Crippen LogP contribution in [-0.4, -0.2) is 23.3 Å². The Morgan fingerprint density at radius 1 is 0.750 bits per heavy atom. The number of benzene rings is 2. The quantitative estimate of drug-likeness (QED) is 0.509. The van der Waals surface area contributed by atoms with Crippen LogP contribution in [0.15, 0.2) is 48.5 Å². The highest BCUT2D eigenvalue weighted by Crippen LogP contribution is 2.25. The second-order valence-electron chi connectivity index (χ2n) is 4.58. The molecule has 2 amide bonds. The van der Waals surface area contributed by atoms with Crippen LogP contribution in [0.5, 0.6) is 0 Å². The highest BCUT2D eigenvalue weighted by atomic mass is 35.5. The largest absolute Gasteiger partial charge is 0.324 e. The molecule has 2 N–H and O–H groups in total. The molecule has 0 aromatic heterocycles. The van der Waals surface area contributed by atoms with Gasteiger partial charge in [-0.15, -0.1) is 0 Å². The van der Waals surface area contributed by atoms with Crippen molar-refractivity contribution in [1.82, 2.24) is 0 Å². The van der Waals surface area contributed by atoms with E-state index >= 15 is 0 Å². The van der Waals surface area contributed by atoms with E-state index in [2.05, 4.69) is 10.6 Å². The topological polar surface area (TPSA) is 58.2 Å². The van der Waals surface area contributed by atoms with Crippen LogP contribution < -0.4 is 10.6 Å². The van der Waals surface area contributed by atoms with Crippen molar-refractivity contribution in [1.29, 1.82) is 0 Å². The zero-order valence-corrected chi connectivity index (χ0v) is 15.6. The van der Waals surface area contributed by atoms with Crippen LogP contribution in [-0.2, 0) is 9.59 Å². The Kier molecular flexibility index (Phi) is 7.78. The van der Waals surface area contributed by atoms with Crippen molar-refractivity contribution < 1.29 is 9.59 Å². The minimum Gasteiger partial charge on any atom is -0.324 e. The van der Waals surface area contributed by atoms with Crippen LogP contribution in [0.4, 0.5) is 11.4 Å². The molecule has 0 aliphatic heterocycles. The van der Waals surface area contributed by atoms with Gasteiger partial charge < -0.3 is 10.6 Å². The first-order chi connectivity index (χ1) is 11.6. The Hall–Kier alpha value is -1.34. The number of amides is 2. The second kappa shape index (κ2) is 9.84. The molecule has 0 saturated heterocycles. The number of anilines is 2. The summed E-state index contributed by atoms with van der Waals surface area (Å²) in [6, 6.07) is 14.0. The lowest BCUT2D eigenvalue weighted by Crippen LogP contribution is -2.15. The Morgan fingerprint density at radius 3 is 1.50 bits per heavy atom. The average molecular weight is 401 g/mol. The lowest BCUT2D eigenvalue weighted by molar-refractivity contribution is -0.114. The van der Waals surface area contributed by atoms with Crippen molar-refractivity contribution in [2.45, 2.75) is 0 Å². The van der Waals surface area contributed by atoms with E-state index < -0.39 is 0 Å². The second-order valence-corrected chi connectivity index (χ2v) is 7.86. The maximum absolute atomic E-state index is 11.8. The Balaban J connectivity index is 1.67. The average Bonchev–Trinajstić information content (AvgIpc) is 2.56. The summed E-state index contributed by atoms with van der Waals surface area (Å²) in [5, 5.41) is 6.42. The van der Waals surface area contributed by atoms with E-state index in [1.165, 1.54) is 21.6 Å². The minimum absolute atomic E-state index is 0.174. The van der Waals surface area contributed by atoms with Crippen LogP contribution in [0.2, 0.25) is 10.0 Å². The molecule has 0 unspecified atom stereocenters. The third-order valence-electron chi connectivity index (χ3n) is 2.76. The molecule has 2 aromatic carbocycles. The van der Waals surface area contributed by atoms with Crippen molar-refractivity contribution in [2.24, 2.45) is 0 Å². The van der Waals surface area contributed by atoms with Gasteiger partial charge in [0, 0.05) is 0 Å². The van der Waals surface area contributed by atoms with Crippen molar-refractivity contribution in [3.05, 3.63) is 58.6 Å². The normalized spacial score (nSPS) is 10.2. The van der Waals surface area contributed by atoms with Crippen LogP contribution in [0, 0.1) is 0 Å². The van der Waals surface area contributed by atoms with E-state index in [-0.39, 0.29) is 23.3 Å². The van der Waals surface area contributed by atoms with Gasteiger partial charge in [0.05, 0.1) is 32.9 Å². The van der Waals surface area contributed by atoms with Gasteiger partial charge in [0.25, 0.3) is 0 Å². The number of carbonyl (C=O) groups is 2.